The highest BCUT2D eigenvalue weighted by molar-refractivity contribution is 5.61. The van der Waals surface area contributed by atoms with Gasteiger partial charge in [-0.25, -0.2) is 0 Å². The lowest BCUT2D eigenvalue weighted by atomic mass is 9.83. The predicted octanol–water partition coefficient (Wildman–Crippen LogP) is 1.72. The van der Waals surface area contributed by atoms with Gasteiger partial charge in [-0.05, 0) is 26.8 Å². The lowest BCUT2D eigenvalue weighted by Crippen LogP contribution is -3.11. The first kappa shape index (κ1) is 26.0. The second-order valence-corrected chi connectivity index (χ2v) is 8.46. The van der Waals surface area contributed by atoms with E-state index in [1.54, 1.807) is 16.7 Å². The number of nitrogens with two attached hydrogens (primary N) is 1. The molecule has 1 aliphatic rings. The summed E-state index contributed by atoms with van der Waals surface area (Å²) in [5.41, 5.74) is 7.78. The van der Waals surface area contributed by atoms with Gasteiger partial charge in [0.25, 0.3) is 5.56 Å². The first-order valence-corrected chi connectivity index (χ1v) is 11.8. The van der Waals surface area contributed by atoms with Crippen LogP contribution in [-0.2, 0) is 6.54 Å². The van der Waals surface area contributed by atoms with E-state index in [1.807, 2.05) is 13.0 Å². The maximum Gasteiger partial charge on any atom is 0.258 e. The van der Waals surface area contributed by atoms with E-state index in [0.29, 0.717) is 40.7 Å². The van der Waals surface area contributed by atoms with Crippen LogP contribution in [0.25, 0.3) is 0 Å². The normalized spacial score (nSPS) is 14.9. The molecular weight excluding hydrogens is 448 g/mol. The summed E-state index contributed by atoms with van der Waals surface area (Å²) in [4.78, 5) is 15.4. The van der Waals surface area contributed by atoms with Gasteiger partial charge < -0.3 is 34.1 Å². The Labute approximate surface area is 206 Å². The third-order valence-corrected chi connectivity index (χ3v) is 6.65. The van der Waals surface area contributed by atoms with E-state index in [0.717, 1.165) is 31.7 Å². The number of quaternary nitrogens is 1. The zero-order chi connectivity index (χ0) is 25.7. The molecule has 0 unspecified atom stereocenters. The Kier molecular flexibility index (Phi) is 8.30. The van der Waals surface area contributed by atoms with Crippen molar-refractivity contribution in [2.45, 2.75) is 39.7 Å². The van der Waals surface area contributed by atoms with Crippen molar-refractivity contribution in [1.82, 2.24) is 4.57 Å². The van der Waals surface area contributed by atoms with Crippen molar-refractivity contribution >= 4 is 0 Å². The molecule has 35 heavy (non-hydrogen) atoms. The number of nitrogens with zero attached hydrogens (tertiary/aromatic N) is 2. The number of hydrogen-bond acceptors (Lipinski definition) is 7. The summed E-state index contributed by atoms with van der Waals surface area (Å²) in [6, 6.07) is 7.35. The number of aromatic nitrogens is 1. The highest BCUT2D eigenvalue weighted by atomic mass is 16.5. The molecule has 2 heterocycles. The fourth-order valence-electron chi connectivity index (χ4n) is 4.64. The third-order valence-electron chi connectivity index (χ3n) is 6.65. The van der Waals surface area contributed by atoms with Crippen molar-refractivity contribution in [2.75, 3.05) is 41.0 Å². The van der Waals surface area contributed by atoms with E-state index in [1.165, 1.54) is 26.2 Å². The van der Waals surface area contributed by atoms with Gasteiger partial charge in [-0.3, -0.25) is 4.79 Å². The Hall–Kier alpha value is -3.64. The lowest BCUT2D eigenvalue weighted by molar-refractivity contribution is -0.896. The molecular formula is C26H35N4O5+. The van der Waals surface area contributed by atoms with Gasteiger partial charge in [0.05, 0.1) is 52.4 Å². The molecule has 1 aromatic heterocycles. The van der Waals surface area contributed by atoms with Crippen LogP contribution in [-0.4, -0.2) is 45.5 Å². The Morgan fingerprint density at radius 1 is 1.09 bits per heavy atom. The number of aryl methyl sites for hydroxylation is 1. The van der Waals surface area contributed by atoms with E-state index >= 15 is 0 Å². The number of benzene rings is 1. The molecule has 9 nitrogen and oxygen atoms in total. The predicted molar refractivity (Wildman–Crippen MR) is 132 cm³/mol. The summed E-state index contributed by atoms with van der Waals surface area (Å²) in [5, 5.41) is 10.0. The molecule has 188 valence electrons. The molecule has 0 fully saturated rings. The summed E-state index contributed by atoms with van der Waals surface area (Å²) < 4.78 is 24.1. The summed E-state index contributed by atoms with van der Waals surface area (Å²) in [6.45, 7) is 9.81. The van der Waals surface area contributed by atoms with Crippen LogP contribution >= 0.6 is 0 Å². The first-order chi connectivity index (χ1) is 16.8. The second kappa shape index (κ2) is 11.2. The maximum absolute atomic E-state index is 13.9. The average molecular weight is 484 g/mol. The van der Waals surface area contributed by atoms with Gasteiger partial charge in [0, 0.05) is 36.4 Å². The molecule has 3 N–H and O–H groups in total. The van der Waals surface area contributed by atoms with E-state index in [2.05, 4.69) is 19.9 Å². The summed E-state index contributed by atoms with van der Waals surface area (Å²) in [5.74, 6) is 0.877. The number of allylic oxidation sites excluding steroid dienone is 1. The number of nitrogens with one attached hydrogen (secondary N) is 1. The summed E-state index contributed by atoms with van der Waals surface area (Å²) in [6.07, 6.45) is 0.852. The zero-order valence-corrected chi connectivity index (χ0v) is 21.4. The van der Waals surface area contributed by atoms with E-state index in [9.17, 15) is 10.1 Å². The average Bonchev–Trinajstić information content (AvgIpc) is 2.86. The molecule has 0 saturated carbocycles. The topological polar surface area (TPSA) is 113 Å². The van der Waals surface area contributed by atoms with Crippen LogP contribution in [0.2, 0.25) is 0 Å². The van der Waals surface area contributed by atoms with Gasteiger partial charge in [-0.1, -0.05) is 0 Å². The minimum absolute atomic E-state index is 0.0384. The smallest absolute Gasteiger partial charge is 0.258 e. The van der Waals surface area contributed by atoms with Crippen LogP contribution in [0.3, 0.4) is 0 Å². The third kappa shape index (κ3) is 4.93. The number of ether oxygens (including phenoxy) is 4. The van der Waals surface area contributed by atoms with Crippen LogP contribution < -0.4 is 35.1 Å². The highest BCUT2D eigenvalue weighted by Gasteiger charge is 2.36. The van der Waals surface area contributed by atoms with Crippen molar-refractivity contribution in [2.24, 2.45) is 5.73 Å². The van der Waals surface area contributed by atoms with Crippen molar-refractivity contribution in [3.05, 3.63) is 56.8 Å². The highest BCUT2D eigenvalue weighted by Crippen LogP contribution is 2.46. The molecule has 0 amide bonds. The number of pyridine rings is 1. The molecule has 1 aromatic carbocycles. The molecule has 0 saturated heterocycles. The zero-order valence-electron chi connectivity index (χ0n) is 21.4. The monoisotopic (exact) mass is 483 g/mol. The Morgan fingerprint density at radius 2 is 1.71 bits per heavy atom. The Morgan fingerprint density at radius 3 is 2.29 bits per heavy atom. The molecule has 1 atom stereocenters. The van der Waals surface area contributed by atoms with Crippen LogP contribution in [0.4, 0.5) is 0 Å². The minimum atomic E-state index is -0.786. The first-order valence-electron chi connectivity index (χ1n) is 11.8. The molecule has 9 heteroatoms. The van der Waals surface area contributed by atoms with Gasteiger partial charge in [0.2, 0.25) is 5.88 Å². The van der Waals surface area contributed by atoms with Gasteiger partial charge in [0.15, 0.2) is 11.5 Å². The fourth-order valence-corrected chi connectivity index (χ4v) is 4.64. The molecule has 2 aromatic rings. The minimum Gasteiger partial charge on any atom is -0.496 e. The van der Waals surface area contributed by atoms with Crippen molar-refractivity contribution in [1.29, 1.82) is 5.26 Å². The Bertz CT molecular complexity index is 1210. The molecule has 0 bridgehead atoms. The van der Waals surface area contributed by atoms with Gasteiger partial charge in [0.1, 0.15) is 23.1 Å². The number of fused-ring (bicyclic) bond motifs is 1. The maximum atomic E-state index is 13.9. The standard InChI is InChI=1S/C26H34N4O5/c1-7-29(8-2)10-9-11-30-16(3)12-22-24(26(30)31)23(18(15-27)25(28)35-22)17-13-20(33-5)21(34-6)14-19(17)32-4/h12-14,23H,7-11,28H2,1-6H3/p+1/t23-/m1/s1. The Balaban J connectivity index is 2.20. The lowest BCUT2D eigenvalue weighted by Gasteiger charge is -2.28. The SMILES string of the molecule is CC[NH+](CC)CCCn1c(C)cc2c(c1=O)[C@H](c1cc(OC)c(OC)cc1OC)C(C#N)=C(N)O2. The fraction of sp³-hybridized carbons (Fsp3) is 0.462. The number of rotatable bonds is 10. The van der Waals surface area contributed by atoms with Crippen LogP contribution in [0.5, 0.6) is 23.0 Å². The van der Waals surface area contributed by atoms with Crippen molar-refractivity contribution < 1.29 is 23.8 Å². The van der Waals surface area contributed by atoms with E-state index in [-0.39, 0.29) is 17.0 Å². The van der Waals surface area contributed by atoms with Gasteiger partial charge in [-0.15, -0.1) is 0 Å². The van der Waals surface area contributed by atoms with Crippen LogP contribution in [0.1, 0.15) is 43.0 Å². The molecule has 1 aliphatic heterocycles. The van der Waals surface area contributed by atoms with E-state index < -0.39 is 5.92 Å². The molecule has 0 spiro atoms. The largest absolute Gasteiger partial charge is 0.496 e. The van der Waals surface area contributed by atoms with Gasteiger partial charge >= 0.3 is 0 Å². The van der Waals surface area contributed by atoms with Crippen LogP contribution in [0.15, 0.2) is 34.4 Å². The number of methoxy groups -OCH3 is 3. The van der Waals surface area contributed by atoms with Crippen LogP contribution in [0, 0.1) is 18.3 Å². The number of hydrogen-bond donors (Lipinski definition) is 2. The molecule has 0 aliphatic carbocycles. The summed E-state index contributed by atoms with van der Waals surface area (Å²) >= 11 is 0. The quantitative estimate of drug-likeness (QED) is 0.529. The second-order valence-electron chi connectivity index (χ2n) is 8.46. The van der Waals surface area contributed by atoms with Crippen molar-refractivity contribution in [3.63, 3.8) is 0 Å². The van der Waals surface area contributed by atoms with Crippen molar-refractivity contribution in [3.8, 4) is 29.1 Å². The summed E-state index contributed by atoms with van der Waals surface area (Å²) in [7, 11) is 4.57. The van der Waals surface area contributed by atoms with E-state index in [4.69, 9.17) is 24.7 Å². The molecule has 3 rings (SSSR count). The van der Waals surface area contributed by atoms with Gasteiger partial charge in [-0.2, -0.15) is 5.26 Å². The molecule has 0 radical (unpaired) electrons. The number of nitriles is 1.